The van der Waals surface area contributed by atoms with Crippen LogP contribution >= 0.6 is 0 Å². The van der Waals surface area contributed by atoms with Gasteiger partial charge in [-0.1, -0.05) is 25.5 Å². The molecule has 0 aromatic heterocycles. The molecule has 0 aliphatic heterocycles. The van der Waals surface area contributed by atoms with E-state index in [0.717, 1.165) is 17.7 Å². The first-order chi connectivity index (χ1) is 9.28. The lowest BCUT2D eigenvalue weighted by molar-refractivity contribution is 0.475. The first-order valence-corrected chi connectivity index (χ1v) is 6.70. The average molecular weight is 253 g/mol. The van der Waals surface area contributed by atoms with Crippen molar-refractivity contribution >= 4 is 11.9 Å². The Balaban J connectivity index is 2.00. The van der Waals surface area contributed by atoms with E-state index in [1.54, 1.807) is 18.3 Å². The number of aryl methyl sites for hydroxylation is 1. The van der Waals surface area contributed by atoms with Crippen LogP contribution in [-0.2, 0) is 6.42 Å². The summed E-state index contributed by atoms with van der Waals surface area (Å²) in [5.41, 5.74) is 3.30. The summed E-state index contributed by atoms with van der Waals surface area (Å²) in [7, 11) is 0. The Labute approximate surface area is 114 Å². The maximum absolute atomic E-state index is 9.20. The van der Waals surface area contributed by atoms with Crippen LogP contribution in [0.25, 0.3) is 0 Å². The van der Waals surface area contributed by atoms with Gasteiger partial charge in [0.2, 0.25) is 0 Å². The van der Waals surface area contributed by atoms with E-state index in [0.29, 0.717) is 0 Å². The number of phenols is 1. The summed E-state index contributed by atoms with van der Waals surface area (Å²) in [6.45, 7) is 2.20. The summed E-state index contributed by atoms with van der Waals surface area (Å²) < 4.78 is 0. The molecule has 0 unspecified atom stereocenters. The highest BCUT2D eigenvalue weighted by atomic mass is 16.3. The minimum absolute atomic E-state index is 0.275. The second-order valence-corrected chi connectivity index (χ2v) is 4.62. The molecule has 98 valence electrons. The monoisotopic (exact) mass is 253 g/mol. The van der Waals surface area contributed by atoms with Crippen LogP contribution in [0.1, 0.15) is 30.9 Å². The summed E-state index contributed by atoms with van der Waals surface area (Å²) >= 11 is 0. The third-order valence-electron chi connectivity index (χ3n) is 3.01. The topological polar surface area (TPSA) is 32.6 Å². The van der Waals surface area contributed by atoms with Gasteiger partial charge in [0.05, 0.1) is 5.69 Å². The number of nitrogens with zero attached hydrogens (tertiary/aromatic N) is 1. The second-order valence-electron chi connectivity index (χ2n) is 4.62. The van der Waals surface area contributed by atoms with E-state index in [-0.39, 0.29) is 5.75 Å². The number of benzene rings is 2. The number of hydrogen-bond donors (Lipinski definition) is 1. The van der Waals surface area contributed by atoms with E-state index >= 15 is 0 Å². The molecule has 0 bridgehead atoms. The zero-order valence-electron chi connectivity index (χ0n) is 11.2. The Kier molecular flexibility index (Phi) is 4.73. The van der Waals surface area contributed by atoms with Crippen LogP contribution in [0.5, 0.6) is 5.75 Å². The van der Waals surface area contributed by atoms with Gasteiger partial charge in [0.15, 0.2) is 0 Å². The number of aliphatic imine (C=N–C) groups is 1. The highest BCUT2D eigenvalue weighted by Crippen LogP contribution is 2.15. The molecule has 0 spiro atoms. The summed E-state index contributed by atoms with van der Waals surface area (Å²) in [4.78, 5) is 4.42. The SMILES string of the molecule is CCCCc1ccc(N=Cc2ccc(O)cc2)cc1. The zero-order chi connectivity index (χ0) is 13.5. The first-order valence-electron chi connectivity index (χ1n) is 6.70. The zero-order valence-corrected chi connectivity index (χ0v) is 11.2. The molecule has 19 heavy (non-hydrogen) atoms. The molecule has 0 aliphatic carbocycles. The summed E-state index contributed by atoms with van der Waals surface area (Å²) in [5, 5.41) is 9.20. The third-order valence-corrected chi connectivity index (χ3v) is 3.01. The van der Waals surface area contributed by atoms with E-state index in [1.807, 2.05) is 24.3 Å². The molecule has 0 saturated heterocycles. The van der Waals surface area contributed by atoms with Gasteiger partial charge in [0, 0.05) is 6.21 Å². The predicted molar refractivity (Wildman–Crippen MR) is 80.4 cm³/mol. The molecule has 1 N–H and O–H groups in total. The van der Waals surface area contributed by atoms with Crippen molar-refractivity contribution in [1.82, 2.24) is 0 Å². The number of unbranched alkanes of at least 4 members (excludes halogenated alkanes) is 1. The maximum atomic E-state index is 9.20. The smallest absolute Gasteiger partial charge is 0.115 e. The van der Waals surface area contributed by atoms with Crippen molar-refractivity contribution < 1.29 is 5.11 Å². The highest BCUT2D eigenvalue weighted by molar-refractivity contribution is 5.82. The van der Waals surface area contributed by atoms with Gasteiger partial charge < -0.3 is 5.11 Å². The van der Waals surface area contributed by atoms with E-state index in [1.165, 1.54) is 18.4 Å². The third kappa shape index (κ3) is 4.25. The molecular formula is C17H19NO. The Morgan fingerprint density at radius 3 is 2.32 bits per heavy atom. The molecule has 2 nitrogen and oxygen atoms in total. The summed E-state index contributed by atoms with van der Waals surface area (Å²) in [5.74, 6) is 0.275. The van der Waals surface area contributed by atoms with Crippen molar-refractivity contribution in [3.63, 3.8) is 0 Å². The van der Waals surface area contributed by atoms with Gasteiger partial charge in [0.1, 0.15) is 5.75 Å². The first kappa shape index (κ1) is 13.3. The number of aromatic hydroxyl groups is 1. The standard InChI is InChI=1S/C17H19NO/c1-2-3-4-14-5-9-16(10-6-14)18-13-15-7-11-17(19)12-8-15/h5-13,19H,2-4H2,1H3. The average Bonchev–Trinajstić information content (AvgIpc) is 2.46. The predicted octanol–water partition coefficient (Wildman–Crippen LogP) is 4.49. The van der Waals surface area contributed by atoms with Gasteiger partial charge in [-0.2, -0.15) is 0 Å². The van der Waals surface area contributed by atoms with Crippen molar-refractivity contribution in [2.45, 2.75) is 26.2 Å². The van der Waals surface area contributed by atoms with Crippen LogP contribution in [0.4, 0.5) is 5.69 Å². The van der Waals surface area contributed by atoms with E-state index < -0.39 is 0 Å². The fraction of sp³-hybridized carbons (Fsp3) is 0.235. The van der Waals surface area contributed by atoms with Gasteiger partial charge in [-0.3, -0.25) is 4.99 Å². The van der Waals surface area contributed by atoms with E-state index in [9.17, 15) is 5.11 Å². The Morgan fingerprint density at radius 1 is 1.00 bits per heavy atom. The fourth-order valence-corrected chi connectivity index (χ4v) is 1.84. The molecule has 2 aromatic rings. The maximum Gasteiger partial charge on any atom is 0.115 e. The molecular weight excluding hydrogens is 234 g/mol. The molecule has 0 fully saturated rings. The lowest BCUT2D eigenvalue weighted by atomic mass is 10.1. The van der Waals surface area contributed by atoms with Gasteiger partial charge >= 0.3 is 0 Å². The largest absolute Gasteiger partial charge is 0.508 e. The second kappa shape index (κ2) is 6.74. The van der Waals surface area contributed by atoms with Crippen molar-refractivity contribution in [2.24, 2.45) is 4.99 Å². The quantitative estimate of drug-likeness (QED) is 0.783. The van der Waals surface area contributed by atoms with Gasteiger partial charge in [-0.05, 0) is 60.4 Å². The molecule has 0 saturated carbocycles. The van der Waals surface area contributed by atoms with Gasteiger partial charge in [-0.15, -0.1) is 0 Å². The minimum Gasteiger partial charge on any atom is -0.508 e. The molecule has 0 amide bonds. The fourth-order valence-electron chi connectivity index (χ4n) is 1.84. The van der Waals surface area contributed by atoms with E-state index in [4.69, 9.17) is 0 Å². The molecule has 0 aliphatic rings. The Hall–Kier alpha value is -2.09. The van der Waals surface area contributed by atoms with Crippen LogP contribution in [0.3, 0.4) is 0 Å². The van der Waals surface area contributed by atoms with Crippen LogP contribution < -0.4 is 0 Å². The molecule has 0 atom stereocenters. The van der Waals surface area contributed by atoms with E-state index in [2.05, 4.69) is 24.0 Å². The van der Waals surface area contributed by atoms with Crippen LogP contribution in [0.2, 0.25) is 0 Å². The highest BCUT2D eigenvalue weighted by Gasteiger charge is 1.93. The van der Waals surface area contributed by atoms with Gasteiger partial charge in [0.25, 0.3) is 0 Å². The lowest BCUT2D eigenvalue weighted by Crippen LogP contribution is -1.83. The molecule has 2 rings (SSSR count). The van der Waals surface area contributed by atoms with Crippen LogP contribution in [0.15, 0.2) is 53.5 Å². The number of hydrogen-bond acceptors (Lipinski definition) is 2. The van der Waals surface area contributed by atoms with Gasteiger partial charge in [-0.25, -0.2) is 0 Å². The molecule has 2 heteroatoms. The van der Waals surface area contributed by atoms with Crippen molar-refractivity contribution in [3.05, 3.63) is 59.7 Å². The number of phenolic OH excluding ortho intramolecular Hbond substituents is 1. The van der Waals surface area contributed by atoms with Crippen LogP contribution in [0, 0.1) is 0 Å². The normalized spacial score (nSPS) is 11.0. The van der Waals surface area contributed by atoms with Crippen molar-refractivity contribution in [1.29, 1.82) is 0 Å². The summed E-state index contributed by atoms with van der Waals surface area (Å²) in [6.07, 6.45) is 5.40. The Bertz CT molecular complexity index is 526. The lowest BCUT2D eigenvalue weighted by Gasteiger charge is -2.00. The molecule has 0 radical (unpaired) electrons. The Morgan fingerprint density at radius 2 is 1.68 bits per heavy atom. The molecule has 0 heterocycles. The van der Waals surface area contributed by atoms with Crippen molar-refractivity contribution in [2.75, 3.05) is 0 Å². The minimum atomic E-state index is 0.275. The molecule has 2 aromatic carbocycles. The number of rotatable bonds is 5. The summed E-state index contributed by atoms with van der Waals surface area (Å²) in [6, 6.07) is 15.4. The van der Waals surface area contributed by atoms with Crippen LogP contribution in [-0.4, -0.2) is 11.3 Å². The van der Waals surface area contributed by atoms with Crippen molar-refractivity contribution in [3.8, 4) is 5.75 Å².